The lowest BCUT2D eigenvalue weighted by atomic mass is 9.97. The van der Waals surface area contributed by atoms with Gasteiger partial charge >= 0.3 is 18.0 Å². The number of urea groups is 1. The van der Waals surface area contributed by atoms with E-state index in [-0.39, 0.29) is 23.8 Å². The summed E-state index contributed by atoms with van der Waals surface area (Å²) in [5.41, 5.74) is 0. The van der Waals surface area contributed by atoms with Crippen molar-refractivity contribution in [1.29, 1.82) is 0 Å². The third-order valence-electron chi connectivity index (χ3n) is 4.07. The molecule has 1 fully saturated rings. The summed E-state index contributed by atoms with van der Waals surface area (Å²) in [7, 11) is 1.35. The Bertz CT molecular complexity index is 391. The largest absolute Gasteiger partial charge is 0.480 e. The van der Waals surface area contributed by atoms with E-state index in [0.29, 0.717) is 32.4 Å². The van der Waals surface area contributed by atoms with E-state index in [0.717, 1.165) is 0 Å². The lowest BCUT2D eigenvalue weighted by molar-refractivity contribution is -0.146. The number of carboxylic acids is 1. The minimum Gasteiger partial charge on any atom is -0.480 e. The highest BCUT2D eigenvalue weighted by molar-refractivity contribution is 5.83. The van der Waals surface area contributed by atoms with Crippen LogP contribution in [-0.2, 0) is 14.3 Å². The fourth-order valence-corrected chi connectivity index (χ4v) is 2.39. The van der Waals surface area contributed by atoms with Gasteiger partial charge in [0.05, 0.1) is 13.0 Å². The number of amides is 2. The molecule has 0 spiro atoms. The second-order valence-electron chi connectivity index (χ2n) is 5.44. The molecule has 1 aliphatic heterocycles. The van der Waals surface area contributed by atoms with Gasteiger partial charge in [0, 0.05) is 13.1 Å². The second kappa shape index (κ2) is 7.85. The highest BCUT2D eigenvalue weighted by Gasteiger charge is 2.31. The molecule has 0 aromatic rings. The third kappa shape index (κ3) is 4.61. The van der Waals surface area contributed by atoms with Crippen molar-refractivity contribution in [1.82, 2.24) is 10.2 Å². The first-order valence-electron chi connectivity index (χ1n) is 7.26. The number of carboxylic acid groups (broad SMARTS) is 1. The first-order valence-corrected chi connectivity index (χ1v) is 7.26. The zero-order valence-electron chi connectivity index (χ0n) is 12.8. The molecule has 21 heavy (non-hydrogen) atoms. The molecule has 2 amide bonds. The number of rotatable bonds is 5. The van der Waals surface area contributed by atoms with E-state index >= 15 is 0 Å². The maximum absolute atomic E-state index is 12.1. The molecule has 2 atom stereocenters. The molecule has 1 saturated heterocycles. The molecule has 7 nitrogen and oxygen atoms in total. The number of hydrogen-bond acceptors (Lipinski definition) is 4. The number of aliphatic carboxylic acids is 1. The smallest absolute Gasteiger partial charge is 0.326 e. The Kier molecular flexibility index (Phi) is 6.45. The SMILES string of the molecule is CCC(C)[C@H](NC(=O)N1CCC(C(=O)OC)CC1)C(=O)O. The summed E-state index contributed by atoms with van der Waals surface area (Å²) in [4.78, 5) is 36.3. The Morgan fingerprint density at radius 2 is 1.90 bits per heavy atom. The Labute approximate surface area is 124 Å². The van der Waals surface area contributed by atoms with Crippen molar-refractivity contribution in [2.24, 2.45) is 11.8 Å². The van der Waals surface area contributed by atoms with E-state index in [4.69, 9.17) is 4.74 Å². The third-order valence-corrected chi connectivity index (χ3v) is 4.07. The zero-order chi connectivity index (χ0) is 16.0. The quantitative estimate of drug-likeness (QED) is 0.741. The number of nitrogens with one attached hydrogen (secondary N) is 1. The summed E-state index contributed by atoms with van der Waals surface area (Å²) >= 11 is 0. The van der Waals surface area contributed by atoms with Crippen LogP contribution in [0.2, 0.25) is 0 Å². The summed E-state index contributed by atoms with van der Waals surface area (Å²) in [6.45, 7) is 4.54. The van der Waals surface area contributed by atoms with Crippen molar-refractivity contribution in [3.05, 3.63) is 0 Å². The van der Waals surface area contributed by atoms with Crippen molar-refractivity contribution in [3.63, 3.8) is 0 Å². The average molecular weight is 300 g/mol. The van der Waals surface area contributed by atoms with Gasteiger partial charge in [0.2, 0.25) is 0 Å². The van der Waals surface area contributed by atoms with Gasteiger partial charge in [-0.05, 0) is 18.8 Å². The van der Waals surface area contributed by atoms with Crippen molar-refractivity contribution >= 4 is 18.0 Å². The fraction of sp³-hybridized carbons (Fsp3) is 0.786. The molecule has 1 rings (SSSR count). The molecule has 1 unspecified atom stereocenters. The van der Waals surface area contributed by atoms with Crippen molar-refractivity contribution < 1.29 is 24.2 Å². The number of likely N-dealkylation sites (tertiary alicyclic amines) is 1. The number of piperidine rings is 1. The molecule has 0 saturated carbocycles. The van der Waals surface area contributed by atoms with Crippen LogP contribution in [0.4, 0.5) is 4.79 Å². The minimum atomic E-state index is -1.03. The molecule has 1 aliphatic rings. The zero-order valence-corrected chi connectivity index (χ0v) is 12.8. The van der Waals surface area contributed by atoms with Gasteiger partial charge in [0.15, 0.2) is 0 Å². The average Bonchev–Trinajstić information content (AvgIpc) is 2.50. The maximum atomic E-state index is 12.1. The van der Waals surface area contributed by atoms with Crippen LogP contribution < -0.4 is 5.32 Å². The highest BCUT2D eigenvalue weighted by Crippen LogP contribution is 2.19. The number of nitrogens with zero attached hydrogens (tertiary/aromatic N) is 1. The molecule has 120 valence electrons. The van der Waals surface area contributed by atoms with E-state index in [1.165, 1.54) is 7.11 Å². The van der Waals surface area contributed by atoms with Gasteiger partial charge in [-0.2, -0.15) is 0 Å². The van der Waals surface area contributed by atoms with E-state index < -0.39 is 12.0 Å². The van der Waals surface area contributed by atoms with Crippen LogP contribution in [-0.4, -0.2) is 54.2 Å². The molecule has 0 aromatic heterocycles. The van der Waals surface area contributed by atoms with E-state index in [2.05, 4.69) is 5.32 Å². The number of esters is 1. The summed E-state index contributed by atoms with van der Waals surface area (Å²) in [6, 6.07) is -1.27. The standard InChI is InChI=1S/C14H24N2O5/c1-4-9(2)11(12(17)18)15-14(20)16-7-5-10(6-8-16)13(19)21-3/h9-11H,4-8H2,1-3H3,(H,15,20)(H,17,18)/t9?,11-/m0/s1. The number of methoxy groups -OCH3 is 1. The topological polar surface area (TPSA) is 95.9 Å². The molecule has 1 heterocycles. The first-order chi connectivity index (χ1) is 9.90. The summed E-state index contributed by atoms with van der Waals surface area (Å²) in [6.07, 6.45) is 1.75. The predicted molar refractivity (Wildman–Crippen MR) is 75.7 cm³/mol. The van der Waals surface area contributed by atoms with Crippen LogP contribution in [0, 0.1) is 11.8 Å². The van der Waals surface area contributed by atoms with Crippen LogP contribution in [0.5, 0.6) is 0 Å². The van der Waals surface area contributed by atoms with Gasteiger partial charge in [0.1, 0.15) is 6.04 Å². The molecule has 2 N–H and O–H groups in total. The Balaban J connectivity index is 2.53. The first kappa shape index (κ1) is 17.3. The van der Waals surface area contributed by atoms with Crippen molar-refractivity contribution in [3.8, 4) is 0 Å². The molecule has 7 heteroatoms. The molecule has 0 aliphatic carbocycles. The molecule has 0 aromatic carbocycles. The number of hydrogen-bond donors (Lipinski definition) is 2. The number of ether oxygens (including phenoxy) is 1. The monoisotopic (exact) mass is 300 g/mol. The second-order valence-corrected chi connectivity index (χ2v) is 5.44. The molecular formula is C14H24N2O5. The van der Waals surface area contributed by atoms with Gasteiger partial charge in [-0.15, -0.1) is 0 Å². The fourth-order valence-electron chi connectivity index (χ4n) is 2.39. The predicted octanol–water partition coefficient (Wildman–Crippen LogP) is 1.08. The van der Waals surface area contributed by atoms with Crippen LogP contribution >= 0.6 is 0 Å². The van der Waals surface area contributed by atoms with Crippen molar-refractivity contribution in [2.45, 2.75) is 39.2 Å². The minimum absolute atomic E-state index is 0.140. The van der Waals surface area contributed by atoms with Gasteiger partial charge in [-0.1, -0.05) is 20.3 Å². The Morgan fingerprint density at radius 3 is 2.33 bits per heavy atom. The summed E-state index contributed by atoms with van der Waals surface area (Å²) < 4.78 is 4.69. The van der Waals surface area contributed by atoms with E-state index in [1.54, 1.807) is 11.8 Å². The van der Waals surface area contributed by atoms with Crippen LogP contribution in [0.3, 0.4) is 0 Å². The molecule has 0 radical (unpaired) electrons. The highest BCUT2D eigenvalue weighted by atomic mass is 16.5. The van der Waals surface area contributed by atoms with Gasteiger partial charge in [-0.3, -0.25) is 4.79 Å². The Hall–Kier alpha value is -1.79. The number of carbonyl (C=O) groups is 3. The molecule has 0 bridgehead atoms. The van der Waals surface area contributed by atoms with Crippen molar-refractivity contribution in [2.75, 3.05) is 20.2 Å². The normalized spacial score (nSPS) is 18.7. The van der Waals surface area contributed by atoms with Gasteiger partial charge < -0.3 is 20.1 Å². The van der Waals surface area contributed by atoms with E-state index in [1.807, 2.05) is 6.92 Å². The lowest BCUT2D eigenvalue weighted by Gasteiger charge is -2.32. The summed E-state index contributed by atoms with van der Waals surface area (Å²) in [5.74, 6) is -1.59. The maximum Gasteiger partial charge on any atom is 0.326 e. The van der Waals surface area contributed by atoms with Crippen LogP contribution in [0.25, 0.3) is 0 Å². The summed E-state index contributed by atoms with van der Waals surface area (Å²) in [5, 5.41) is 11.7. The number of carbonyl (C=O) groups excluding carboxylic acids is 2. The van der Waals surface area contributed by atoms with Gasteiger partial charge in [-0.25, -0.2) is 9.59 Å². The lowest BCUT2D eigenvalue weighted by Crippen LogP contribution is -2.52. The van der Waals surface area contributed by atoms with Crippen LogP contribution in [0.15, 0.2) is 0 Å². The van der Waals surface area contributed by atoms with Gasteiger partial charge in [0.25, 0.3) is 0 Å². The van der Waals surface area contributed by atoms with E-state index in [9.17, 15) is 19.5 Å². The Morgan fingerprint density at radius 1 is 1.33 bits per heavy atom. The van der Waals surface area contributed by atoms with Crippen LogP contribution in [0.1, 0.15) is 33.1 Å². The molecular weight excluding hydrogens is 276 g/mol.